The van der Waals surface area contributed by atoms with Crippen molar-refractivity contribution in [1.29, 1.82) is 0 Å². The van der Waals surface area contributed by atoms with Crippen molar-refractivity contribution in [1.82, 2.24) is 20.2 Å². The monoisotopic (exact) mass is 369 g/mol. The third-order valence-electron chi connectivity index (χ3n) is 4.91. The number of carbonyl (C=O) groups excluding carboxylic acids is 1. The van der Waals surface area contributed by atoms with E-state index in [1.165, 1.54) is 0 Å². The number of amides is 2. The Morgan fingerprint density at radius 1 is 1.19 bits per heavy atom. The Balaban J connectivity index is 1.63. The van der Waals surface area contributed by atoms with Crippen LogP contribution in [0.4, 0.5) is 10.6 Å². The predicted octanol–water partition coefficient (Wildman–Crippen LogP) is 2.78. The fourth-order valence-electron chi connectivity index (χ4n) is 2.98. The number of carbonyl (C=O) groups is 1. The number of hydrogen-bond donors (Lipinski definition) is 1. The summed E-state index contributed by atoms with van der Waals surface area (Å²) < 4.78 is 5.21. The van der Waals surface area contributed by atoms with Crippen LogP contribution in [0.3, 0.4) is 0 Å². The third kappa shape index (κ3) is 4.67. The number of aromatic nitrogens is 2. The first-order valence-corrected chi connectivity index (χ1v) is 9.37. The molecule has 1 aromatic heterocycles. The zero-order valence-corrected chi connectivity index (χ0v) is 16.2. The van der Waals surface area contributed by atoms with Gasteiger partial charge < -0.3 is 19.9 Å². The predicted molar refractivity (Wildman–Crippen MR) is 106 cm³/mol. The molecule has 0 bridgehead atoms. The highest BCUT2D eigenvalue weighted by Crippen LogP contribution is 2.23. The molecule has 1 unspecified atom stereocenters. The van der Waals surface area contributed by atoms with Gasteiger partial charge in [-0.15, -0.1) is 0 Å². The van der Waals surface area contributed by atoms with Gasteiger partial charge in [0.25, 0.3) is 0 Å². The van der Waals surface area contributed by atoms with Crippen LogP contribution in [0.2, 0.25) is 0 Å². The highest BCUT2D eigenvalue weighted by atomic mass is 16.5. The smallest absolute Gasteiger partial charge is 0.317 e. The molecule has 1 aromatic carbocycles. The second-order valence-electron chi connectivity index (χ2n) is 6.72. The van der Waals surface area contributed by atoms with Gasteiger partial charge in [0.15, 0.2) is 0 Å². The second kappa shape index (κ2) is 8.70. The van der Waals surface area contributed by atoms with Crippen LogP contribution < -0.4 is 15.0 Å². The zero-order valence-electron chi connectivity index (χ0n) is 16.2. The van der Waals surface area contributed by atoms with Crippen molar-refractivity contribution in [3.63, 3.8) is 0 Å². The molecule has 1 fully saturated rings. The lowest BCUT2D eigenvalue weighted by molar-refractivity contribution is 0.190. The molecule has 0 aliphatic carbocycles. The summed E-state index contributed by atoms with van der Waals surface area (Å²) in [5.74, 6) is 1.71. The Morgan fingerprint density at radius 3 is 2.52 bits per heavy atom. The first-order valence-electron chi connectivity index (χ1n) is 9.37. The normalized spacial score (nSPS) is 15.4. The lowest BCUT2D eigenvalue weighted by atomic mass is 10.1. The Kier molecular flexibility index (Phi) is 6.11. The van der Waals surface area contributed by atoms with Crippen molar-refractivity contribution in [3.05, 3.63) is 36.7 Å². The van der Waals surface area contributed by atoms with Gasteiger partial charge in [0, 0.05) is 43.9 Å². The van der Waals surface area contributed by atoms with Crippen molar-refractivity contribution < 1.29 is 9.53 Å². The van der Waals surface area contributed by atoms with Crippen LogP contribution in [0.1, 0.15) is 20.3 Å². The molecule has 1 aliphatic rings. The Labute approximate surface area is 160 Å². The highest BCUT2D eigenvalue weighted by molar-refractivity contribution is 5.75. The van der Waals surface area contributed by atoms with E-state index in [4.69, 9.17) is 4.74 Å². The topological polar surface area (TPSA) is 70.6 Å². The van der Waals surface area contributed by atoms with E-state index in [2.05, 4.69) is 27.1 Å². The van der Waals surface area contributed by atoms with E-state index < -0.39 is 0 Å². The maximum atomic E-state index is 12.3. The van der Waals surface area contributed by atoms with Crippen molar-refractivity contribution in [2.45, 2.75) is 26.3 Å². The molecule has 7 heteroatoms. The average Bonchev–Trinajstić information content (AvgIpc) is 2.74. The molecule has 7 nitrogen and oxygen atoms in total. The van der Waals surface area contributed by atoms with Gasteiger partial charge in [0.05, 0.1) is 12.8 Å². The van der Waals surface area contributed by atoms with Gasteiger partial charge >= 0.3 is 6.03 Å². The number of rotatable bonds is 5. The lowest BCUT2D eigenvalue weighted by Crippen LogP contribution is -2.53. The number of nitrogens with zero attached hydrogens (tertiary/aromatic N) is 4. The van der Waals surface area contributed by atoms with Gasteiger partial charge in [-0.25, -0.2) is 14.8 Å². The van der Waals surface area contributed by atoms with Crippen LogP contribution in [0.5, 0.6) is 5.75 Å². The highest BCUT2D eigenvalue weighted by Gasteiger charge is 2.22. The van der Waals surface area contributed by atoms with Crippen LogP contribution in [0.15, 0.2) is 36.7 Å². The summed E-state index contributed by atoms with van der Waals surface area (Å²) in [6, 6.07) is 10.0. The molecule has 0 radical (unpaired) electrons. The van der Waals surface area contributed by atoms with Crippen molar-refractivity contribution in [3.8, 4) is 17.0 Å². The fraction of sp³-hybridized carbons (Fsp3) is 0.450. The molecular weight excluding hydrogens is 342 g/mol. The van der Waals surface area contributed by atoms with E-state index in [9.17, 15) is 4.79 Å². The molecule has 2 heterocycles. The maximum Gasteiger partial charge on any atom is 0.317 e. The second-order valence-corrected chi connectivity index (χ2v) is 6.72. The van der Waals surface area contributed by atoms with Crippen LogP contribution in [-0.4, -0.2) is 60.2 Å². The first-order chi connectivity index (χ1) is 13.1. The van der Waals surface area contributed by atoms with Gasteiger partial charge in [-0.2, -0.15) is 0 Å². The molecule has 144 valence electrons. The van der Waals surface area contributed by atoms with Gasteiger partial charge in [0.2, 0.25) is 0 Å². The third-order valence-corrected chi connectivity index (χ3v) is 4.91. The molecule has 27 heavy (non-hydrogen) atoms. The maximum absolute atomic E-state index is 12.3. The molecular formula is C20H27N5O2. The number of anilines is 1. The number of ether oxygens (including phenoxy) is 1. The average molecular weight is 369 g/mol. The fourth-order valence-corrected chi connectivity index (χ4v) is 2.98. The summed E-state index contributed by atoms with van der Waals surface area (Å²) in [4.78, 5) is 25.1. The zero-order chi connectivity index (χ0) is 19.2. The summed E-state index contributed by atoms with van der Waals surface area (Å²) in [5.41, 5.74) is 1.89. The minimum atomic E-state index is 0.0191. The molecule has 0 saturated carbocycles. The molecule has 2 aromatic rings. The van der Waals surface area contributed by atoms with E-state index in [0.29, 0.717) is 13.1 Å². The Morgan fingerprint density at radius 2 is 1.89 bits per heavy atom. The Hall–Kier alpha value is -2.83. The van der Waals surface area contributed by atoms with Crippen molar-refractivity contribution in [2.24, 2.45) is 0 Å². The van der Waals surface area contributed by atoms with Crippen molar-refractivity contribution in [2.75, 3.05) is 38.2 Å². The molecule has 1 N–H and O–H groups in total. The minimum absolute atomic E-state index is 0.0191. The number of benzene rings is 1. The van der Waals surface area contributed by atoms with Crippen molar-refractivity contribution >= 4 is 11.8 Å². The molecule has 1 atom stereocenters. The summed E-state index contributed by atoms with van der Waals surface area (Å²) in [6.07, 6.45) is 2.53. The van der Waals surface area contributed by atoms with E-state index in [1.807, 2.05) is 42.2 Å². The minimum Gasteiger partial charge on any atom is -0.497 e. The van der Waals surface area contributed by atoms with E-state index in [1.54, 1.807) is 13.4 Å². The quantitative estimate of drug-likeness (QED) is 0.878. The van der Waals surface area contributed by atoms with Gasteiger partial charge in [-0.3, -0.25) is 0 Å². The molecule has 3 rings (SSSR count). The molecule has 1 saturated heterocycles. The summed E-state index contributed by atoms with van der Waals surface area (Å²) >= 11 is 0. The summed E-state index contributed by atoms with van der Waals surface area (Å²) in [5, 5.41) is 3.03. The van der Waals surface area contributed by atoms with Crippen LogP contribution >= 0.6 is 0 Å². The number of hydrogen-bond acceptors (Lipinski definition) is 5. The van der Waals surface area contributed by atoms with Crippen LogP contribution in [0.25, 0.3) is 11.3 Å². The standard InChI is InChI=1S/C20H27N5O2/c1-4-15(2)23-20(26)25-11-9-24(10-12-25)19-13-18(21-14-22-19)16-5-7-17(27-3)8-6-16/h5-8,13-15H,4,9-12H2,1-3H3,(H,23,26). The van der Waals surface area contributed by atoms with Gasteiger partial charge in [-0.1, -0.05) is 6.92 Å². The number of urea groups is 1. The molecule has 0 spiro atoms. The van der Waals surface area contributed by atoms with Crippen LogP contribution in [0, 0.1) is 0 Å². The number of piperazine rings is 1. The van der Waals surface area contributed by atoms with E-state index in [0.717, 1.165) is 42.3 Å². The Bertz CT molecular complexity index is 757. The van der Waals surface area contributed by atoms with Gasteiger partial charge in [-0.05, 0) is 37.6 Å². The largest absolute Gasteiger partial charge is 0.497 e. The molecule has 2 amide bonds. The summed E-state index contributed by atoms with van der Waals surface area (Å²) in [6.45, 7) is 6.97. The lowest BCUT2D eigenvalue weighted by Gasteiger charge is -2.35. The SMILES string of the molecule is CCC(C)NC(=O)N1CCN(c2cc(-c3ccc(OC)cc3)ncn2)CC1. The van der Waals surface area contributed by atoms with E-state index in [-0.39, 0.29) is 12.1 Å². The van der Waals surface area contributed by atoms with Crippen LogP contribution in [-0.2, 0) is 0 Å². The molecule has 1 aliphatic heterocycles. The number of methoxy groups -OCH3 is 1. The van der Waals surface area contributed by atoms with E-state index >= 15 is 0 Å². The van der Waals surface area contributed by atoms with Gasteiger partial charge in [0.1, 0.15) is 17.9 Å². The number of nitrogens with one attached hydrogen (secondary N) is 1. The first kappa shape index (κ1) is 18.9. The summed E-state index contributed by atoms with van der Waals surface area (Å²) in [7, 11) is 1.65.